The van der Waals surface area contributed by atoms with Crippen molar-refractivity contribution in [2.24, 2.45) is 0 Å². The van der Waals surface area contributed by atoms with E-state index in [1.54, 1.807) is 13.8 Å². The third-order valence-electron chi connectivity index (χ3n) is 2.17. The molecule has 6 heteroatoms. The summed E-state index contributed by atoms with van der Waals surface area (Å²) in [4.78, 5) is 4.12. The van der Waals surface area contributed by atoms with Crippen molar-refractivity contribution in [1.82, 2.24) is 14.8 Å². The van der Waals surface area contributed by atoms with Gasteiger partial charge in [-0.25, -0.2) is 14.1 Å². The van der Waals surface area contributed by atoms with Crippen LogP contribution in [-0.4, -0.2) is 14.8 Å². The average Bonchev–Trinajstić information content (AvgIpc) is 2.51. The van der Waals surface area contributed by atoms with Crippen LogP contribution in [0.3, 0.4) is 0 Å². The lowest BCUT2D eigenvalue weighted by molar-refractivity contribution is 0.625. The molecule has 2 aromatic rings. The fourth-order valence-corrected chi connectivity index (χ4v) is 1.66. The molecule has 1 aromatic carbocycles. The Balaban J connectivity index is 2.64. The summed E-state index contributed by atoms with van der Waals surface area (Å²) in [5, 5.41) is 4.12. The summed E-state index contributed by atoms with van der Waals surface area (Å²) in [6.45, 7) is 3.53. The third kappa shape index (κ3) is 1.74. The average molecular weight is 241 g/mol. The van der Waals surface area contributed by atoms with E-state index in [9.17, 15) is 4.39 Å². The van der Waals surface area contributed by atoms with Crippen molar-refractivity contribution in [1.29, 1.82) is 0 Å². The highest BCUT2D eigenvalue weighted by Gasteiger charge is 2.11. The molecule has 0 aliphatic carbocycles. The normalized spacial score (nSPS) is 10.8. The van der Waals surface area contributed by atoms with Crippen molar-refractivity contribution in [2.45, 2.75) is 13.8 Å². The molecular weight excluding hydrogens is 231 g/mol. The summed E-state index contributed by atoms with van der Waals surface area (Å²) in [7, 11) is 0. The highest BCUT2D eigenvalue weighted by molar-refractivity contribution is 6.31. The molecule has 1 aromatic heterocycles. The number of halogens is 2. The largest absolute Gasteiger partial charge is 0.397 e. The van der Waals surface area contributed by atoms with Gasteiger partial charge in [-0.2, -0.15) is 5.10 Å². The molecule has 0 amide bonds. The first-order valence-corrected chi connectivity index (χ1v) is 5.02. The van der Waals surface area contributed by atoms with Crippen LogP contribution in [0.25, 0.3) is 5.69 Å². The Labute approximate surface area is 96.9 Å². The van der Waals surface area contributed by atoms with Crippen molar-refractivity contribution < 1.29 is 4.39 Å². The minimum absolute atomic E-state index is 0.00394. The highest BCUT2D eigenvalue weighted by Crippen LogP contribution is 2.25. The van der Waals surface area contributed by atoms with Crippen LogP contribution in [0.4, 0.5) is 10.1 Å². The molecule has 0 radical (unpaired) electrons. The summed E-state index contributed by atoms with van der Waals surface area (Å²) >= 11 is 5.62. The predicted octanol–water partition coefficient (Wildman–Crippen LogP) is 2.26. The fraction of sp³-hybridized carbons (Fsp3) is 0.200. The number of hydrogen-bond donors (Lipinski definition) is 1. The lowest BCUT2D eigenvalue weighted by Gasteiger charge is -2.07. The highest BCUT2D eigenvalue weighted by atomic mass is 35.5. The smallest absolute Gasteiger partial charge is 0.148 e. The van der Waals surface area contributed by atoms with E-state index >= 15 is 0 Å². The second-order valence-electron chi connectivity index (χ2n) is 3.44. The molecule has 84 valence electrons. The summed E-state index contributed by atoms with van der Waals surface area (Å²) in [6, 6.07) is 2.61. The summed E-state index contributed by atoms with van der Waals surface area (Å²) in [5.74, 6) is 0.719. The SMILES string of the molecule is Cc1nc(C)n(-c2cc(F)c(Cl)cc2N)n1. The standard InChI is InChI=1S/C10H10ClFN4/c1-5-14-6(2)16(15-5)10-4-8(12)7(11)3-9(10)13/h3-4H,13H2,1-2H3. The Hall–Kier alpha value is -1.62. The lowest BCUT2D eigenvalue weighted by Crippen LogP contribution is -2.04. The number of nitrogens with two attached hydrogens (primary N) is 1. The van der Waals surface area contributed by atoms with Gasteiger partial charge in [0.15, 0.2) is 0 Å². The second-order valence-corrected chi connectivity index (χ2v) is 3.85. The topological polar surface area (TPSA) is 56.7 Å². The second kappa shape index (κ2) is 3.75. The van der Waals surface area contributed by atoms with E-state index in [0.717, 1.165) is 0 Å². The number of rotatable bonds is 1. The maximum Gasteiger partial charge on any atom is 0.148 e. The van der Waals surface area contributed by atoms with Crippen molar-refractivity contribution in [3.8, 4) is 5.69 Å². The van der Waals surface area contributed by atoms with E-state index < -0.39 is 5.82 Å². The third-order valence-corrected chi connectivity index (χ3v) is 2.46. The van der Waals surface area contributed by atoms with Crippen LogP contribution >= 0.6 is 11.6 Å². The molecule has 0 bridgehead atoms. The molecule has 0 fully saturated rings. The molecule has 16 heavy (non-hydrogen) atoms. The molecule has 0 saturated carbocycles. The Morgan fingerprint density at radius 2 is 2.06 bits per heavy atom. The maximum atomic E-state index is 13.3. The van der Waals surface area contributed by atoms with E-state index in [2.05, 4.69) is 10.1 Å². The van der Waals surface area contributed by atoms with Crippen molar-refractivity contribution in [3.05, 3.63) is 34.6 Å². The van der Waals surface area contributed by atoms with E-state index in [0.29, 0.717) is 23.0 Å². The quantitative estimate of drug-likeness (QED) is 0.778. The van der Waals surface area contributed by atoms with Crippen LogP contribution in [0.2, 0.25) is 5.02 Å². The summed E-state index contributed by atoms with van der Waals surface area (Å²) in [6.07, 6.45) is 0. The Bertz CT molecular complexity index is 550. The minimum atomic E-state index is -0.529. The van der Waals surface area contributed by atoms with Gasteiger partial charge in [0.1, 0.15) is 17.5 Å². The molecule has 0 aliphatic heterocycles. The molecule has 0 unspecified atom stereocenters. The van der Waals surface area contributed by atoms with Crippen LogP contribution in [0.5, 0.6) is 0 Å². The first-order chi connectivity index (χ1) is 7.49. The van der Waals surface area contributed by atoms with Crippen LogP contribution in [0, 0.1) is 19.7 Å². The zero-order valence-electron chi connectivity index (χ0n) is 8.83. The number of aryl methyl sites for hydroxylation is 2. The van der Waals surface area contributed by atoms with Gasteiger partial charge in [0.25, 0.3) is 0 Å². The molecule has 0 atom stereocenters. The number of hydrogen-bond acceptors (Lipinski definition) is 3. The molecule has 0 aliphatic rings. The van der Waals surface area contributed by atoms with Crippen molar-refractivity contribution in [2.75, 3.05) is 5.73 Å². The molecule has 0 saturated heterocycles. The van der Waals surface area contributed by atoms with Gasteiger partial charge >= 0.3 is 0 Å². The van der Waals surface area contributed by atoms with Crippen molar-refractivity contribution >= 4 is 17.3 Å². The first-order valence-electron chi connectivity index (χ1n) is 4.64. The minimum Gasteiger partial charge on any atom is -0.397 e. The molecule has 1 heterocycles. The van der Waals surface area contributed by atoms with E-state index in [-0.39, 0.29) is 5.02 Å². The van der Waals surface area contributed by atoms with Crippen LogP contribution < -0.4 is 5.73 Å². The maximum absolute atomic E-state index is 13.3. The predicted molar refractivity (Wildman–Crippen MR) is 60.2 cm³/mol. The zero-order valence-corrected chi connectivity index (χ0v) is 9.59. The van der Waals surface area contributed by atoms with Crippen molar-refractivity contribution in [3.63, 3.8) is 0 Å². The molecular formula is C10H10ClFN4. The molecule has 2 rings (SSSR count). The Kier molecular flexibility index (Phi) is 2.55. The van der Waals surface area contributed by atoms with Crippen LogP contribution in [0.1, 0.15) is 11.6 Å². The van der Waals surface area contributed by atoms with E-state index in [1.807, 2.05) is 0 Å². The monoisotopic (exact) mass is 240 g/mol. The number of anilines is 1. The molecule has 0 spiro atoms. The van der Waals surface area contributed by atoms with Gasteiger partial charge in [-0.15, -0.1) is 0 Å². The molecule has 2 N–H and O–H groups in total. The van der Waals surface area contributed by atoms with Gasteiger partial charge in [-0.05, 0) is 19.9 Å². The summed E-state index contributed by atoms with van der Waals surface area (Å²) in [5.41, 5.74) is 6.57. The number of nitrogens with zero attached hydrogens (tertiary/aromatic N) is 3. The van der Waals surface area contributed by atoms with Gasteiger partial charge in [-0.1, -0.05) is 11.6 Å². The van der Waals surface area contributed by atoms with Crippen LogP contribution in [-0.2, 0) is 0 Å². The van der Waals surface area contributed by atoms with Crippen LogP contribution in [0.15, 0.2) is 12.1 Å². The van der Waals surface area contributed by atoms with Gasteiger partial charge in [-0.3, -0.25) is 0 Å². The Morgan fingerprint density at radius 1 is 1.38 bits per heavy atom. The van der Waals surface area contributed by atoms with Gasteiger partial charge in [0.05, 0.1) is 16.4 Å². The number of aromatic nitrogens is 3. The van der Waals surface area contributed by atoms with E-state index in [4.69, 9.17) is 17.3 Å². The van der Waals surface area contributed by atoms with Gasteiger partial charge < -0.3 is 5.73 Å². The van der Waals surface area contributed by atoms with E-state index in [1.165, 1.54) is 16.8 Å². The summed E-state index contributed by atoms with van der Waals surface area (Å²) < 4.78 is 14.8. The van der Waals surface area contributed by atoms with Gasteiger partial charge in [0, 0.05) is 6.07 Å². The number of benzene rings is 1. The number of nitrogen functional groups attached to an aromatic ring is 1. The Morgan fingerprint density at radius 3 is 2.62 bits per heavy atom. The molecule has 4 nitrogen and oxygen atoms in total. The first kappa shape index (κ1) is 10.9. The lowest BCUT2D eigenvalue weighted by atomic mass is 10.2. The zero-order chi connectivity index (χ0) is 11.9. The fourth-order valence-electron chi connectivity index (χ4n) is 1.48. The van der Waals surface area contributed by atoms with Gasteiger partial charge in [0.2, 0.25) is 0 Å².